The molecule has 0 amide bonds. The van der Waals surface area contributed by atoms with E-state index in [1.165, 1.54) is 0 Å². The number of rotatable bonds is 1. The molecule has 2 nitrogen and oxygen atoms in total. The minimum Gasteiger partial charge on any atom is -0.373 e. The van der Waals surface area contributed by atoms with Crippen LogP contribution in [0.25, 0.3) is 0 Å². The van der Waals surface area contributed by atoms with Crippen LogP contribution in [0.2, 0.25) is 5.02 Å². The summed E-state index contributed by atoms with van der Waals surface area (Å²) in [6.07, 6.45) is 1.60. The molecule has 0 saturated heterocycles. The summed E-state index contributed by atoms with van der Waals surface area (Å²) in [6.45, 7) is 6.00. The fourth-order valence-electron chi connectivity index (χ4n) is 0.524. The zero-order valence-corrected chi connectivity index (χ0v) is 7.23. The van der Waals surface area contributed by atoms with Gasteiger partial charge in [0.05, 0.1) is 5.02 Å². The Balaban J connectivity index is 0.000000461. The van der Waals surface area contributed by atoms with Crippen molar-refractivity contribution in [3.8, 4) is 0 Å². The van der Waals surface area contributed by atoms with Crippen LogP contribution in [-0.2, 0) is 0 Å². The van der Waals surface area contributed by atoms with Crippen LogP contribution in [0.5, 0.6) is 0 Å². The van der Waals surface area contributed by atoms with E-state index >= 15 is 0 Å². The van der Waals surface area contributed by atoms with Gasteiger partial charge in [-0.05, 0) is 12.1 Å². The smallest absolute Gasteiger partial charge is 0.125 e. The van der Waals surface area contributed by atoms with Crippen molar-refractivity contribution in [3.05, 3.63) is 36.5 Å². The first-order valence-corrected chi connectivity index (χ1v) is 3.50. The second-order valence-electron chi connectivity index (χ2n) is 1.61. The lowest BCUT2D eigenvalue weighted by Crippen LogP contribution is -1.89. The first-order valence-electron chi connectivity index (χ1n) is 3.12. The Labute approximate surface area is 71.9 Å². The van der Waals surface area contributed by atoms with Gasteiger partial charge < -0.3 is 5.32 Å². The van der Waals surface area contributed by atoms with E-state index in [4.69, 9.17) is 11.6 Å². The van der Waals surface area contributed by atoms with E-state index in [0.717, 1.165) is 5.82 Å². The average molecular weight is 171 g/mol. The molecular formula is C8H11ClN2. The molecule has 0 aliphatic carbocycles. The molecule has 60 valence electrons. The predicted molar refractivity (Wildman–Crippen MR) is 50.0 cm³/mol. The first-order chi connectivity index (χ1) is 5.33. The van der Waals surface area contributed by atoms with Crippen LogP contribution in [-0.4, -0.2) is 12.0 Å². The standard InChI is InChI=1S/C6H7ClN2.C2H4/c1-8-6-3-2-5(7)4-9-6;1-2/h2-4H,1H3,(H,8,9);1-2H2. The Bertz CT molecular complexity index is 196. The van der Waals surface area contributed by atoms with Crippen LogP contribution in [0.3, 0.4) is 0 Å². The van der Waals surface area contributed by atoms with Gasteiger partial charge in [0.25, 0.3) is 0 Å². The van der Waals surface area contributed by atoms with E-state index in [-0.39, 0.29) is 0 Å². The normalized spacial score (nSPS) is 7.82. The van der Waals surface area contributed by atoms with Gasteiger partial charge in [0.2, 0.25) is 0 Å². The molecule has 1 aromatic heterocycles. The van der Waals surface area contributed by atoms with Crippen molar-refractivity contribution < 1.29 is 0 Å². The number of hydrogen-bond acceptors (Lipinski definition) is 2. The first kappa shape index (κ1) is 9.98. The Hall–Kier alpha value is -1.02. The fraction of sp³-hybridized carbons (Fsp3) is 0.125. The number of aromatic nitrogens is 1. The third-order valence-corrected chi connectivity index (χ3v) is 1.21. The van der Waals surface area contributed by atoms with E-state index in [9.17, 15) is 0 Å². The van der Waals surface area contributed by atoms with E-state index in [1.54, 1.807) is 12.3 Å². The number of anilines is 1. The summed E-state index contributed by atoms with van der Waals surface area (Å²) in [7, 11) is 1.82. The molecule has 11 heavy (non-hydrogen) atoms. The maximum atomic E-state index is 5.58. The number of nitrogens with one attached hydrogen (secondary N) is 1. The van der Waals surface area contributed by atoms with Crippen LogP contribution in [0.1, 0.15) is 0 Å². The summed E-state index contributed by atoms with van der Waals surface area (Å²) in [4.78, 5) is 3.95. The fourth-order valence-corrected chi connectivity index (χ4v) is 0.635. The summed E-state index contributed by atoms with van der Waals surface area (Å²) < 4.78 is 0. The molecule has 0 spiro atoms. The molecule has 0 fully saturated rings. The van der Waals surface area contributed by atoms with Crippen molar-refractivity contribution in [2.75, 3.05) is 12.4 Å². The van der Waals surface area contributed by atoms with Gasteiger partial charge >= 0.3 is 0 Å². The molecular weight excluding hydrogens is 160 g/mol. The van der Waals surface area contributed by atoms with Gasteiger partial charge in [-0.2, -0.15) is 0 Å². The third kappa shape index (κ3) is 3.63. The summed E-state index contributed by atoms with van der Waals surface area (Å²) in [5.74, 6) is 0.833. The Kier molecular flexibility index (Phi) is 5.21. The lowest BCUT2D eigenvalue weighted by molar-refractivity contribution is 1.29. The molecule has 0 bridgehead atoms. The highest BCUT2D eigenvalue weighted by atomic mass is 35.5. The summed E-state index contributed by atoms with van der Waals surface area (Å²) >= 11 is 5.58. The summed E-state index contributed by atoms with van der Waals surface area (Å²) in [6, 6.07) is 3.61. The molecule has 0 atom stereocenters. The third-order valence-electron chi connectivity index (χ3n) is 0.984. The zero-order chi connectivity index (χ0) is 8.69. The molecule has 0 aliphatic rings. The van der Waals surface area contributed by atoms with Gasteiger partial charge in [0.1, 0.15) is 5.82 Å². The number of hydrogen-bond donors (Lipinski definition) is 1. The monoisotopic (exact) mass is 170 g/mol. The Morgan fingerprint density at radius 3 is 2.45 bits per heavy atom. The summed E-state index contributed by atoms with van der Waals surface area (Å²) in [5, 5.41) is 3.55. The largest absolute Gasteiger partial charge is 0.373 e. The zero-order valence-electron chi connectivity index (χ0n) is 6.47. The van der Waals surface area contributed by atoms with Crippen LogP contribution in [0.15, 0.2) is 31.5 Å². The molecule has 0 saturated carbocycles. The minimum atomic E-state index is 0.661. The molecule has 0 radical (unpaired) electrons. The molecule has 1 rings (SSSR count). The van der Waals surface area contributed by atoms with E-state index in [1.807, 2.05) is 13.1 Å². The lowest BCUT2D eigenvalue weighted by Gasteiger charge is -1.95. The molecule has 1 N–H and O–H groups in total. The molecule has 0 unspecified atom stereocenters. The minimum absolute atomic E-state index is 0.661. The predicted octanol–water partition coefficient (Wildman–Crippen LogP) is 2.58. The van der Waals surface area contributed by atoms with E-state index in [0.29, 0.717) is 5.02 Å². The van der Waals surface area contributed by atoms with Crippen molar-refractivity contribution in [2.45, 2.75) is 0 Å². The highest BCUT2D eigenvalue weighted by molar-refractivity contribution is 6.30. The van der Waals surface area contributed by atoms with Crippen LogP contribution >= 0.6 is 11.6 Å². The maximum absolute atomic E-state index is 5.58. The molecule has 0 aromatic carbocycles. The lowest BCUT2D eigenvalue weighted by atomic mass is 10.5. The van der Waals surface area contributed by atoms with Gasteiger partial charge in [-0.1, -0.05) is 11.6 Å². The Morgan fingerprint density at radius 2 is 2.09 bits per heavy atom. The van der Waals surface area contributed by atoms with Gasteiger partial charge in [0, 0.05) is 13.2 Å². The van der Waals surface area contributed by atoms with Gasteiger partial charge in [-0.25, -0.2) is 4.98 Å². The van der Waals surface area contributed by atoms with Crippen molar-refractivity contribution in [1.29, 1.82) is 0 Å². The SMILES string of the molecule is C=C.CNc1ccc(Cl)cn1. The average Bonchev–Trinajstić information content (AvgIpc) is 2.10. The topological polar surface area (TPSA) is 24.9 Å². The van der Waals surface area contributed by atoms with Crippen LogP contribution in [0.4, 0.5) is 5.82 Å². The number of halogens is 1. The second-order valence-corrected chi connectivity index (χ2v) is 2.05. The van der Waals surface area contributed by atoms with Crippen molar-refractivity contribution in [3.63, 3.8) is 0 Å². The quantitative estimate of drug-likeness (QED) is 0.656. The number of nitrogens with zero attached hydrogens (tertiary/aromatic N) is 1. The maximum Gasteiger partial charge on any atom is 0.125 e. The van der Waals surface area contributed by atoms with Gasteiger partial charge in [0.15, 0.2) is 0 Å². The highest BCUT2D eigenvalue weighted by Gasteiger charge is 1.86. The van der Waals surface area contributed by atoms with Crippen molar-refractivity contribution >= 4 is 17.4 Å². The second kappa shape index (κ2) is 5.74. The van der Waals surface area contributed by atoms with Crippen molar-refractivity contribution in [2.24, 2.45) is 0 Å². The molecule has 1 aromatic rings. The highest BCUT2D eigenvalue weighted by Crippen LogP contribution is 2.07. The van der Waals surface area contributed by atoms with Gasteiger partial charge in [-0.15, -0.1) is 13.2 Å². The summed E-state index contributed by atoms with van der Waals surface area (Å²) in [5.41, 5.74) is 0. The van der Waals surface area contributed by atoms with E-state index < -0.39 is 0 Å². The number of pyridine rings is 1. The van der Waals surface area contributed by atoms with Gasteiger partial charge in [-0.3, -0.25) is 0 Å². The van der Waals surface area contributed by atoms with Crippen LogP contribution < -0.4 is 5.32 Å². The molecule has 1 heterocycles. The van der Waals surface area contributed by atoms with Crippen molar-refractivity contribution in [1.82, 2.24) is 4.98 Å². The molecule has 0 aliphatic heterocycles. The van der Waals surface area contributed by atoms with E-state index in [2.05, 4.69) is 23.5 Å². The molecule has 3 heteroatoms. The van der Waals surface area contributed by atoms with Crippen LogP contribution in [0, 0.1) is 0 Å². The Morgan fingerprint density at radius 1 is 1.45 bits per heavy atom.